The number of aromatic nitrogens is 2. The Morgan fingerprint density at radius 3 is 2.83 bits per heavy atom. The van der Waals surface area contributed by atoms with E-state index >= 15 is 0 Å². The van der Waals surface area contributed by atoms with Crippen LogP contribution in [0.15, 0.2) is 48.8 Å². The van der Waals surface area contributed by atoms with Gasteiger partial charge in [-0.2, -0.15) is 5.10 Å². The average Bonchev–Trinajstić information content (AvgIpc) is 3.18. The first-order valence-electron chi connectivity index (χ1n) is 7.80. The first-order chi connectivity index (χ1) is 11.6. The van der Waals surface area contributed by atoms with Crippen LogP contribution in [0, 0.1) is 6.92 Å². The van der Waals surface area contributed by atoms with Gasteiger partial charge in [0.05, 0.1) is 6.20 Å². The van der Waals surface area contributed by atoms with Gasteiger partial charge in [-0.15, -0.1) is 11.3 Å². The molecule has 2 N–H and O–H groups in total. The van der Waals surface area contributed by atoms with Gasteiger partial charge >= 0.3 is 6.03 Å². The third-order valence-electron chi connectivity index (χ3n) is 3.70. The normalized spacial score (nSPS) is 10.6. The average molecular weight is 340 g/mol. The number of anilines is 1. The van der Waals surface area contributed by atoms with Crippen LogP contribution in [0.1, 0.15) is 10.4 Å². The number of hydrogen-bond donors (Lipinski definition) is 2. The molecule has 0 unspecified atom stereocenters. The molecule has 124 valence electrons. The summed E-state index contributed by atoms with van der Waals surface area (Å²) in [7, 11) is 1.91. The first-order valence-corrected chi connectivity index (χ1v) is 8.61. The fourth-order valence-corrected chi connectivity index (χ4v) is 3.38. The molecule has 2 heterocycles. The molecule has 3 aromatic rings. The summed E-state index contributed by atoms with van der Waals surface area (Å²) in [6.07, 6.45) is 4.68. The number of aryl methyl sites for hydroxylation is 2. The lowest BCUT2D eigenvalue weighted by atomic mass is 10.2. The SMILES string of the molecule is Cc1ccccc1NC(=O)NCCc1ccc(-c2cnn(C)c2)s1. The van der Waals surface area contributed by atoms with Crippen molar-refractivity contribution in [3.63, 3.8) is 0 Å². The topological polar surface area (TPSA) is 59.0 Å². The highest BCUT2D eigenvalue weighted by atomic mass is 32.1. The minimum absolute atomic E-state index is 0.173. The van der Waals surface area contributed by atoms with Crippen LogP contribution in [0.25, 0.3) is 10.4 Å². The third kappa shape index (κ3) is 4.02. The maximum atomic E-state index is 12.0. The Balaban J connectivity index is 1.49. The van der Waals surface area contributed by atoms with Gasteiger partial charge in [-0.05, 0) is 37.1 Å². The molecule has 0 bridgehead atoms. The minimum Gasteiger partial charge on any atom is -0.338 e. The molecule has 0 aliphatic heterocycles. The second kappa shape index (κ2) is 7.31. The Morgan fingerprint density at radius 2 is 2.08 bits per heavy atom. The number of nitrogens with zero attached hydrogens (tertiary/aromatic N) is 2. The van der Waals surface area contributed by atoms with Gasteiger partial charge in [-0.1, -0.05) is 18.2 Å². The van der Waals surface area contributed by atoms with Crippen LogP contribution >= 0.6 is 11.3 Å². The standard InChI is InChI=1S/C18H20N4OS/c1-13-5-3-4-6-16(13)21-18(23)19-10-9-15-7-8-17(24-15)14-11-20-22(2)12-14/h3-8,11-12H,9-10H2,1-2H3,(H2,19,21,23). The van der Waals surface area contributed by atoms with Crippen LogP contribution in [0.5, 0.6) is 0 Å². The van der Waals surface area contributed by atoms with Gasteiger partial charge in [-0.25, -0.2) is 4.79 Å². The van der Waals surface area contributed by atoms with E-state index < -0.39 is 0 Å². The molecule has 0 atom stereocenters. The van der Waals surface area contributed by atoms with Crippen LogP contribution in [-0.4, -0.2) is 22.4 Å². The molecule has 0 aliphatic rings. The number of rotatable bonds is 5. The minimum atomic E-state index is -0.173. The van der Waals surface area contributed by atoms with Crippen LogP contribution in [-0.2, 0) is 13.5 Å². The van der Waals surface area contributed by atoms with Crippen LogP contribution < -0.4 is 10.6 Å². The number of hydrogen-bond acceptors (Lipinski definition) is 3. The summed E-state index contributed by atoms with van der Waals surface area (Å²) in [4.78, 5) is 14.4. The molecule has 5 nitrogen and oxygen atoms in total. The van der Waals surface area contributed by atoms with Crippen molar-refractivity contribution in [1.29, 1.82) is 0 Å². The molecule has 0 aliphatic carbocycles. The van der Waals surface area contributed by atoms with Gasteiger partial charge in [0.25, 0.3) is 0 Å². The predicted octanol–water partition coefficient (Wildman–Crippen LogP) is 3.82. The lowest BCUT2D eigenvalue weighted by Gasteiger charge is -2.09. The van der Waals surface area contributed by atoms with Crippen LogP contribution in [0.3, 0.4) is 0 Å². The Labute approximate surface area is 145 Å². The van der Waals surface area contributed by atoms with E-state index in [-0.39, 0.29) is 6.03 Å². The molecule has 0 spiro atoms. The fraction of sp³-hybridized carbons (Fsp3) is 0.222. The van der Waals surface area contributed by atoms with Crippen molar-refractivity contribution in [2.24, 2.45) is 7.05 Å². The van der Waals surface area contributed by atoms with Crippen molar-refractivity contribution in [1.82, 2.24) is 15.1 Å². The zero-order chi connectivity index (χ0) is 16.9. The molecule has 0 saturated carbocycles. The quantitative estimate of drug-likeness (QED) is 0.742. The van der Waals surface area contributed by atoms with Crippen molar-refractivity contribution in [3.8, 4) is 10.4 Å². The molecule has 0 saturated heterocycles. The zero-order valence-corrected chi connectivity index (χ0v) is 14.6. The van der Waals surface area contributed by atoms with E-state index in [4.69, 9.17) is 0 Å². The summed E-state index contributed by atoms with van der Waals surface area (Å²) in [5.74, 6) is 0. The van der Waals surface area contributed by atoms with E-state index in [0.29, 0.717) is 6.54 Å². The van der Waals surface area contributed by atoms with Crippen LogP contribution in [0.2, 0.25) is 0 Å². The van der Waals surface area contributed by atoms with E-state index in [2.05, 4.69) is 27.9 Å². The molecule has 2 aromatic heterocycles. The summed E-state index contributed by atoms with van der Waals surface area (Å²) in [6.45, 7) is 2.58. The number of thiophene rings is 1. The smallest absolute Gasteiger partial charge is 0.319 e. The second-order valence-electron chi connectivity index (χ2n) is 5.61. The van der Waals surface area contributed by atoms with Crippen molar-refractivity contribution < 1.29 is 4.79 Å². The van der Waals surface area contributed by atoms with Gasteiger partial charge in [0.1, 0.15) is 0 Å². The third-order valence-corrected chi connectivity index (χ3v) is 4.90. The Bertz CT molecular complexity index is 837. The number of urea groups is 1. The Kier molecular flexibility index (Phi) is 4.96. The van der Waals surface area contributed by atoms with Gasteiger partial charge < -0.3 is 10.6 Å². The van der Waals surface area contributed by atoms with Crippen molar-refractivity contribution in [2.45, 2.75) is 13.3 Å². The lowest BCUT2D eigenvalue weighted by molar-refractivity contribution is 0.252. The Hall–Kier alpha value is -2.60. The molecule has 3 rings (SSSR count). The van der Waals surface area contributed by atoms with Gasteiger partial charge in [0.2, 0.25) is 0 Å². The monoisotopic (exact) mass is 340 g/mol. The molecular weight excluding hydrogens is 320 g/mol. The maximum absolute atomic E-state index is 12.0. The molecule has 24 heavy (non-hydrogen) atoms. The van der Waals surface area contributed by atoms with E-state index in [0.717, 1.165) is 23.2 Å². The molecule has 0 fully saturated rings. The van der Waals surface area contributed by atoms with Crippen LogP contribution in [0.4, 0.5) is 10.5 Å². The molecular formula is C18H20N4OS. The summed E-state index contributed by atoms with van der Waals surface area (Å²) in [5, 5.41) is 9.97. The number of benzene rings is 1. The molecule has 2 amide bonds. The van der Waals surface area contributed by atoms with E-state index in [1.54, 1.807) is 16.0 Å². The predicted molar refractivity (Wildman–Crippen MR) is 98.4 cm³/mol. The molecule has 0 radical (unpaired) electrons. The van der Waals surface area contributed by atoms with Crippen molar-refractivity contribution in [3.05, 3.63) is 59.2 Å². The number of para-hydroxylation sites is 1. The van der Waals surface area contributed by atoms with Crippen molar-refractivity contribution >= 4 is 23.1 Å². The van der Waals surface area contributed by atoms with Gasteiger partial charge in [0.15, 0.2) is 0 Å². The molecule has 1 aromatic carbocycles. The van der Waals surface area contributed by atoms with E-state index in [1.807, 2.05) is 50.6 Å². The highest BCUT2D eigenvalue weighted by Gasteiger charge is 2.06. The second-order valence-corrected chi connectivity index (χ2v) is 6.78. The highest BCUT2D eigenvalue weighted by molar-refractivity contribution is 7.15. The largest absolute Gasteiger partial charge is 0.338 e. The Morgan fingerprint density at radius 1 is 1.25 bits per heavy atom. The summed E-state index contributed by atoms with van der Waals surface area (Å²) >= 11 is 1.73. The van der Waals surface area contributed by atoms with Crippen molar-refractivity contribution in [2.75, 3.05) is 11.9 Å². The number of nitrogens with one attached hydrogen (secondary N) is 2. The van der Waals surface area contributed by atoms with Gasteiger partial charge in [0, 0.05) is 40.8 Å². The lowest BCUT2D eigenvalue weighted by Crippen LogP contribution is -2.30. The van der Waals surface area contributed by atoms with E-state index in [1.165, 1.54) is 9.75 Å². The number of amides is 2. The summed E-state index contributed by atoms with van der Waals surface area (Å²) in [5.41, 5.74) is 3.01. The summed E-state index contributed by atoms with van der Waals surface area (Å²) in [6, 6.07) is 11.8. The van der Waals surface area contributed by atoms with E-state index in [9.17, 15) is 4.79 Å². The number of carbonyl (C=O) groups is 1. The molecule has 6 heteroatoms. The first kappa shape index (κ1) is 16.3. The number of carbonyl (C=O) groups excluding carboxylic acids is 1. The fourth-order valence-electron chi connectivity index (χ4n) is 2.39. The zero-order valence-electron chi connectivity index (χ0n) is 13.7. The van der Waals surface area contributed by atoms with Gasteiger partial charge in [-0.3, -0.25) is 4.68 Å². The maximum Gasteiger partial charge on any atom is 0.319 e. The summed E-state index contributed by atoms with van der Waals surface area (Å²) < 4.78 is 1.80. The highest BCUT2D eigenvalue weighted by Crippen LogP contribution is 2.27.